The maximum atomic E-state index is 12.7. The number of nitrogens with one attached hydrogen (secondary N) is 4. The van der Waals surface area contributed by atoms with Crippen molar-refractivity contribution >= 4 is 41.8 Å². The number of anilines is 2. The highest BCUT2D eigenvalue weighted by Gasteiger charge is 2.15. The van der Waals surface area contributed by atoms with Gasteiger partial charge in [-0.2, -0.15) is 0 Å². The molecule has 0 saturated heterocycles. The molecule has 270 valence electrons. The Labute approximate surface area is 302 Å². The average molecular weight is 703 g/mol. The number of amides is 3. The molecule has 1 atom stereocenters. The summed E-state index contributed by atoms with van der Waals surface area (Å²) in [6, 6.07) is 32.5. The molecule has 4 aromatic carbocycles. The lowest BCUT2D eigenvalue weighted by molar-refractivity contribution is -0.110. The van der Waals surface area contributed by atoms with Crippen LogP contribution in [-0.2, 0) is 11.3 Å². The minimum absolute atomic E-state index is 0.0445. The third-order valence-corrected chi connectivity index (χ3v) is 7.34. The van der Waals surface area contributed by atoms with E-state index < -0.39 is 0 Å². The molecule has 3 amide bonds. The van der Waals surface area contributed by atoms with Crippen LogP contribution in [0.15, 0.2) is 103 Å². The first kappa shape index (κ1) is 43.2. The summed E-state index contributed by atoms with van der Waals surface area (Å²) in [6.07, 6.45) is 0.695. The fourth-order valence-electron chi connectivity index (χ4n) is 4.14. The topological polar surface area (TPSA) is 149 Å². The lowest BCUT2D eigenvalue weighted by Crippen LogP contribution is -2.34. The summed E-state index contributed by atoms with van der Waals surface area (Å²) in [4.78, 5) is 35.3. The van der Waals surface area contributed by atoms with Crippen molar-refractivity contribution in [3.8, 4) is 0 Å². The van der Waals surface area contributed by atoms with Gasteiger partial charge in [-0.1, -0.05) is 106 Å². The van der Waals surface area contributed by atoms with Gasteiger partial charge in [0.1, 0.15) is 12.2 Å². The van der Waals surface area contributed by atoms with Gasteiger partial charge in [0.05, 0.1) is 11.7 Å². The van der Waals surface area contributed by atoms with Crippen molar-refractivity contribution in [2.75, 3.05) is 30.2 Å². The van der Waals surface area contributed by atoms with E-state index in [4.69, 9.17) is 5.73 Å². The molecular weight excluding hydrogens is 649 g/mol. The molecule has 0 aliphatic heterocycles. The smallest absolute Gasteiger partial charge is 0.251 e. The van der Waals surface area contributed by atoms with Crippen LogP contribution in [0.4, 0.5) is 11.4 Å². The van der Waals surface area contributed by atoms with Crippen molar-refractivity contribution < 1.29 is 18.9 Å². The molecule has 0 aliphatic carbocycles. The molecular formula is C39H54N6O4S. The number of carbonyl (C=O) groups excluding carboxylic acids is 3. The summed E-state index contributed by atoms with van der Waals surface area (Å²) in [5.74, 6) is -0.562. The van der Waals surface area contributed by atoms with E-state index in [1.807, 2.05) is 107 Å². The Bertz CT molecular complexity index is 1520. The predicted octanol–water partition coefficient (Wildman–Crippen LogP) is 7.00. The van der Waals surface area contributed by atoms with Crippen molar-refractivity contribution in [2.45, 2.75) is 60.2 Å². The van der Waals surface area contributed by atoms with Crippen molar-refractivity contribution in [3.63, 3.8) is 0 Å². The Balaban J connectivity index is 0.000000482. The van der Waals surface area contributed by atoms with Crippen molar-refractivity contribution in [1.82, 2.24) is 21.3 Å². The number of aryl methyl sites for hydroxylation is 1. The zero-order valence-electron chi connectivity index (χ0n) is 30.3. The lowest BCUT2D eigenvalue weighted by atomic mass is 10.1. The number of hydrogen-bond donors (Lipinski definition) is 6. The summed E-state index contributed by atoms with van der Waals surface area (Å²) < 4.78 is 10.8. The standard InChI is InChI=1S/C21H28N4O3S.C9H12N2O.C7H8.C2H6/c1-15(2)22-9-10-23-20(26)17-11-18(13-19(12-17)25(3)29-28)21(27)24-14-16-7-5-4-6-8-16;1-7(11-6-12)8-2-4-9(10)5-3-8;1-7-5-3-2-4-6-7;1-2/h4-8,11-13,15,22,28H,9-10,14H2,1-3H3,(H,23,26)(H,24,27);2-7H,10H2,1H3,(H,11,12);2-6H,1H3;1-2H3/t;7-;;/m.1../s1. The third-order valence-electron chi connectivity index (χ3n) is 6.88. The zero-order valence-corrected chi connectivity index (χ0v) is 31.1. The summed E-state index contributed by atoms with van der Waals surface area (Å²) in [6.45, 7) is 13.6. The molecule has 11 heteroatoms. The molecule has 0 bridgehead atoms. The second-order valence-corrected chi connectivity index (χ2v) is 11.9. The van der Waals surface area contributed by atoms with E-state index in [-0.39, 0.29) is 17.9 Å². The Morgan fingerprint density at radius 1 is 0.820 bits per heavy atom. The van der Waals surface area contributed by atoms with E-state index in [9.17, 15) is 18.9 Å². The quantitative estimate of drug-likeness (QED) is 0.0287. The number of nitrogens with zero attached hydrogens (tertiary/aromatic N) is 1. The summed E-state index contributed by atoms with van der Waals surface area (Å²) in [7, 11) is 1.65. The molecule has 0 unspecified atom stereocenters. The molecule has 0 fully saturated rings. The Kier molecular flexibility index (Phi) is 21.7. The van der Waals surface area contributed by atoms with E-state index >= 15 is 0 Å². The molecule has 0 spiro atoms. The highest BCUT2D eigenvalue weighted by molar-refractivity contribution is 7.95. The van der Waals surface area contributed by atoms with Gasteiger partial charge in [0, 0.05) is 49.5 Å². The summed E-state index contributed by atoms with van der Waals surface area (Å²) in [5, 5.41) is 11.6. The molecule has 0 saturated carbocycles. The third kappa shape index (κ3) is 17.5. The molecule has 0 heterocycles. The van der Waals surface area contributed by atoms with Crippen LogP contribution in [0.1, 0.15) is 78.1 Å². The predicted molar refractivity (Wildman–Crippen MR) is 209 cm³/mol. The number of hydrogen-bond acceptors (Lipinski definition) is 8. The van der Waals surface area contributed by atoms with Gasteiger partial charge >= 0.3 is 0 Å². The minimum atomic E-state index is -0.289. The summed E-state index contributed by atoms with van der Waals surface area (Å²) >= 11 is 0.514. The molecule has 10 nitrogen and oxygen atoms in total. The number of benzene rings is 4. The number of rotatable bonds is 13. The van der Waals surface area contributed by atoms with Crippen molar-refractivity contribution in [3.05, 3.63) is 131 Å². The fourth-order valence-corrected chi connectivity index (χ4v) is 4.34. The molecule has 0 aromatic heterocycles. The highest BCUT2D eigenvalue weighted by Crippen LogP contribution is 2.23. The Morgan fingerprint density at radius 3 is 1.84 bits per heavy atom. The first-order valence-corrected chi connectivity index (χ1v) is 17.4. The van der Waals surface area contributed by atoms with Crippen molar-refractivity contribution in [1.29, 1.82) is 0 Å². The van der Waals surface area contributed by atoms with Gasteiger partial charge in [0.25, 0.3) is 11.8 Å². The van der Waals surface area contributed by atoms with Gasteiger partial charge in [-0.3, -0.25) is 18.7 Å². The van der Waals surface area contributed by atoms with E-state index in [1.54, 1.807) is 25.2 Å². The van der Waals surface area contributed by atoms with Gasteiger partial charge < -0.3 is 31.6 Å². The van der Waals surface area contributed by atoms with Crippen LogP contribution in [0, 0.1) is 6.92 Å². The SMILES string of the molecule is CC.CC(C)NCCNC(=O)c1cc(C(=O)NCc2ccccc2)cc(N(C)SO)c1.C[C@@H](NC=O)c1ccc(N)cc1.Cc1ccccc1. The van der Waals surface area contributed by atoms with Crippen LogP contribution in [0.5, 0.6) is 0 Å². The second-order valence-electron chi connectivity index (χ2n) is 11.2. The molecule has 4 aromatic rings. The average Bonchev–Trinajstić information content (AvgIpc) is 3.14. The van der Waals surface area contributed by atoms with E-state index in [2.05, 4.69) is 40.3 Å². The van der Waals surface area contributed by atoms with E-state index in [0.29, 0.717) is 61.1 Å². The van der Waals surface area contributed by atoms with E-state index in [0.717, 1.165) is 16.8 Å². The van der Waals surface area contributed by atoms with Crippen LogP contribution in [-0.4, -0.2) is 49.0 Å². The summed E-state index contributed by atoms with van der Waals surface area (Å²) in [5.41, 5.74) is 10.9. The van der Waals surface area contributed by atoms with Gasteiger partial charge in [0.2, 0.25) is 6.41 Å². The number of nitrogen functional groups attached to an aromatic ring is 1. The monoisotopic (exact) mass is 702 g/mol. The lowest BCUT2D eigenvalue weighted by Gasteiger charge is -2.17. The van der Waals surface area contributed by atoms with E-state index in [1.165, 1.54) is 9.87 Å². The van der Waals surface area contributed by atoms with Gasteiger partial charge in [-0.15, -0.1) is 0 Å². The molecule has 0 radical (unpaired) electrons. The number of carbonyl (C=O) groups is 3. The highest BCUT2D eigenvalue weighted by atomic mass is 32.2. The molecule has 0 aliphatic rings. The van der Waals surface area contributed by atoms with Crippen LogP contribution in [0.3, 0.4) is 0 Å². The molecule has 7 N–H and O–H groups in total. The zero-order chi connectivity index (χ0) is 37.3. The minimum Gasteiger partial charge on any atom is -0.399 e. The Morgan fingerprint density at radius 2 is 1.36 bits per heavy atom. The van der Waals surface area contributed by atoms with Crippen LogP contribution in [0.2, 0.25) is 0 Å². The number of nitrogens with two attached hydrogens (primary N) is 1. The van der Waals surface area contributed by atoms with Crippen LogP contribution >= 0.6 is 12.2 Å². The maximum Gasteiger partial charge on any atom is 0.251 e. The first-order chi connectivity index (χ1) is 24.0. The molecule has 4 rings (SSSR count). The van der Waals surface area contributed by atoms with Gasteiger partial charge in [-0.25, -0.2) is 0 Å². The van der Waals surface area contributed by atoms with Crippen LogP contribution < -0.4 is 31.3 Å². The van der Waals surface area contributed by atoms with Gasteiger partial charge in [-0.05, 0) is 55.3 Å². The first-order valence-electron chi connectivity index (χ1n) is 16.6. The molecule has 50 heavy (non-hydrogen) atoms. The maximum absolute atomic E-state index is 12.7. The Hall–Kier alpha value is -4.84. The fraction of sp³-hybridized carbons (Fsp3) is 0.308. The van der Waals surface area contributed by atoms with Crippen molar-refractivity contribution in [2.24, 2.45) is 0 Å². The van der Waals surface area contributed by atoms with Crippen LogP contribution in [0.25, 0.3) is 0 Å². The normalized spacial score (nSPS) is 10.4. The second kappa shape index (κ2) is 25.2. The van der Waals surface area contributed by atoms with Gasteiger partial charge in [0.15, 0.2) is 0 Å². The largest absolute Gasteiger partial charge is 0.399 e.